The van der Waals surface area contributed by atoms with Crippen LogP contribution in [0.3, 0.4) is 0 Å². The number of hydrogen-bond acceptors (Lipinski definition) is 4. The number of benzene rings is 1. The second-order valence-electron chi connectivity index (χ2n) is 3.69. The molecule has 1 atom stereocenters. The molecule has 0 radical (unpaired) electrons. The summed E-state index contributed by atoms with van der Waals surface area (Å²) in [6, 6.07) is 2.54. The summed E-state index contributed by atoms with van der Waals surface area (Å²) in [7, 11) is 0. The molecule has 0 spiro atoms. The maximum atomic E-state index is 11.3. The molecule has 0 aliphatic carbocycles. The molecule has 7 heteroatoms. The van der Waals surface area contributed by atoms with E-state index in [4.69, 9.17) is 15.9 Å². The minimum absolute atomic E-state index is 0.0783. The van der Waals surface area contributed by atoms with Crippen LogP contribution in [0.15, 0.2) is 18.2 Å². The molecule has 5 N–H and O–H groups in total. The van der Waals surface area contributed by atoms with Gasteiger partial charge in [-0.2, -0.15) is 0 Å². The molecule has 0 heterocycles. The van der Waals surface area contributed by atoms with E-state index in [-0.39, 0.29) is 16.8 Å². The van der Waals surface area contributed by atoms with E-state index in [1.807, 2.05) is 0 Å². The third kappa shape index (κ3) is 3.29. The van der Waals surface area contributed by atoms with E-state index < -0.39 is 23.9 Å². The fraction of sp³-hybridized carbons (Fsp3) is 0.182. The number of hydrogen-bond donors (Lipinski definition) is 4. The summed E-state index contributed by atoms with van der Waals surface area (Å²) >= 11 is 0. The summed E-state index contributed by atoms with van der Waals surface area (Å²) < 4.78 is 0. The van der Waals surface area contributed by atoms with Crippen molar-refractivity contribution in [3.05, 3.63) is 29.3 Å². The van der Waals surface area contributed by atoms with Gasteiger partial charge in [-0.15, -0.1) is 0 Å². The lowest BCUT2D eigenvalue weighted by molar-refractivity contribution is -0.117. The van der Waals surface area contributed by atoms with Crippen LogP contribution in [-0.4, -0.2) is 34.1 Å². The molecule has 1 amide bonds. The molecule has 0 aliphatic heterocycles. The SMILES string of the molecule is C[C@@H](N)C(=O)Nc1cc(C(=O)O)cc(C(=O)O)c1. The molecule has 0 aromatic heterocycles. The Labute approximate surface area is 102 Å². The second kappa shape index (κ2) is 5.28. The number of rotatable bonds is 4. The van der Waals surface area contributed by atoms with Crippen molar-refractivity contribution >= 4 is 23.5 Å². The normalized spacial score (nSPS) is 11.7. The van der Waals surface area contributed by atoms with Crippen molar-refractivity contribution in [1.29, 1.82) is 0 Å². The minimum Gasteiger partial charge on any atom is -0.478 e. The molecule has 18 heavy (non-hydrogen) atoms. The summed E-state index contributed by atoms with van der Waals surface area (Å²) in [5.74, 6) is -3.10. The van der Waals surface area contributed by atoms with Crippen LogP contribution in [0.25, 0.3) is 0 Å². The zero-order chi connectivity index (χ0) is 13.9. The highest BCUT2D eigenvalue weighted by atomic mass is 16.4. The van der Waals surface area contributed by atoms with Crippen LogP contribution >= 0.6 is 0 Å². The maximum absolute atomic E-state index is 11.3. The lowest BCUT2D eigenvalue weighted by atomic mass is 10.1. The summed E-state index contributed by atoms with van der Waals surface area (Å²) in [5.41, 5.74) is 4.96. The number of carbonyl (C=O) groups is 3. The first-order chi connectivity index (χ1) is 8.31. The van der Waals surface area contributed by atoms with Gasteiger partial charge in [-0.1, -0.05) is 0 Å². The molecule has 96 valence electrons. The first-order valence-corrected chi connectivity index (χ1v) is 4.99. The number of anilines is 1. The first-order valence-electron chi connectivity index (χ1n) is 4.99. The Morgan fingerprint density at radius 1 is 1.11 bits per heavy atom. The topological polar surface area (TPSA) is 130 Å². The van der Waals surface area contributed by atoms with Gasteiger partial charge in [0, 0.05) is 5.69 Å². The van der Waals surface area contributed by atoms with Gasteiger partial charge in [0.15, 0.2) is 0 Å². The third-order valence-corrected chi connectivity index (χ3v) is 2.11. The third-order valence-electron chi connectivity index (χ3n) is 2.11. The summed E-state index contributed by atoms with van der Waals surface area (Å²) in [6.07, 6.45) is 0. The predicted octanol–water partition coefficient (Wildman–Crippen LogP) is 0.369. The van der Waals surface area contributed by atoms with Crippen molar-refractivity contribution in [2.45, 2.75) is 13.0 Å². The number of aromatic carboxylic acids is 2. The highest BCUT2D eigenvalue weighted by Gasteiger charge is 2.14. The van der Waals surface area contributed by atoms with E-state index in [9.17, 15) is 14.4 Å². The number of amides is 1. The van der Waals surface area contributed by atoms with E-state index in [0.29, 0.717) is 0 Å². The Balaban J connectivity index is 3.15. The van der Waals surface area contributed by atoms with Crippen molar-refractivity contribution in [3.8, 4) is 0 Å². The van der Waals surface area contributed by atoms with Gasteiger partial charge >= 0.3 is 11.9 Å². The first kappa shape index (κ1) is 13.7. The zero-order valence-corrected chi connectivity index (χ0v) is 9.51. The predicted molar refractivity (Wildman–Crippen MR) is 62.6 cm³/mol. The van der Waals surface area contributed by atoms with E-state index >= 15 is 0 Å². The number of carbonyl (C=O) groups excluding carboxylic acids is 1. The Morgan fingerprint density at radius 3 is 1.89 bits per heavy atom. The van der Waals surface area contributed by atoms with Crippen LogP contribution in [-0.2, 0) is 4.79 Å². The van der Waals surface area contributed by atoms with E-state index in [2.05, 4.69) is 5.32 Å². The van der Waals surface area contributed by atoms with Gasteiger partial charge in [0.2, 0.25) is 5.91 Å². The van der Waals surface area contributed by atoms with E-state index in [1.165, 1.54) is 6.92 Å². The Morgan fingerprint density at radius 2 is 1.56 bits per heavy atom. The van der Waals surface area contributed by atoms with Gasteiger partial charge < -0.3 is 21.3 Å². The standard InChI is InChI=1S/C11H12N2O5/c1-5(12)9(14)13-8-3-6(10(15)16)2-7(4-8)11(17)18/h2-5H,12H2,1H3,(H,13,14)(H,15,16)(H,17,18)/t5-/m1/s1. The summed E-state index contributed by atoms with van der Waals surface area (Å²) in [4.78, 5) is 33.0. The number of nitrogens with two attached hydrogens (primary N) is 1. The fourth-order valence-electron chi connectivity index (χ4n) is 1.20. The van der Waals surface area contributed by atoms with Crippen LogP contribution in [0.5, 0.6) is 0 Å². The van der Waals surface area contributed by atoms with E-state index in [0.717, 1.165) is 18.2 Å². The average Bonchev–Trinajstić information content (AvgIpc) is 2.28. The molecular weight excluding hydrogens is 240 g/mol. The highest BCUT2D eigenvalue weighted by molar-refractivity contribution is 5.99. The van der Waals surface area contributed by atoms with E-state index in [1.54, 1.807) is 0 Å². The van der Waals surface area contributed by atoms with Gasteiger partial charge in [0.05, 0.1) is 17.2 Å². The van der Waals surface area contributed by atoms with Crippen molar-refractivity contribution in [3.63, 3.8) is 0 Å². The number of carboxylic acid groups (broad SMARTS) is 2. The molecule has 0 saturated carbocycles. The van der Waals surface area contributed by atoms with Crippen LogP contribution < -0.4 is 11.1 Å². The smallest absolute Gasteiger partial charge is 0.335 e. The fourth-order valence-corrected chi connectivity index (χ4v) is 1.20. The minimum atomic E-state index is -1.28. The molecule has 0 aliphatic rings. The highest BCUT2D eigenvalue weighted by Crippen LogP contribution is 2.15. The lowest BCUT2D eigenvalue weighted by Crippen LogP contribution is -2.32. The molecule has 0 unspecified atom stereocenters. The van der Waals surface area contributed by atoms with Gasteiger partial charge in [0.25, 0.3) is 0 Å². The average molecular weight is 252 g/mol. The van der Waals surface area contributed by atoms with Crippen LogP contribution in [0, 0.1) is 0 Å². The molecule has 1 rings (SSSR count). The molecular formula is C11H12N2O5. The van der Waals surface area contributed by atoms with Crippen LogP contribution in [0.4, 0.5) is 5.69 Å². The molecule has 1 aromatic rings. The van der Waals surface area contributed by atoms with Crippen molar-refractivity contribution in [2.24, 2.45) is 5.73 Å². The summed E-state index contributed by atoms with van der Waals surface area (Å²) in [6.45, 7) is 1.45. The quantitative estimate of drug-likeness (QED) is 0.612. The van der Waals surface area contributed by atoms with Crippen LogP contribution in [0.2, 0.25) is 0 Å². The molecule has 0 bridgehead atoms. The van der Waals surface area contributed by atoms with Crippen LogP contribution in [0.1, 0.15) is 27.6 Å². The van der Waals surface area contributed by atoms with Gasteiger partial charge in [-0.3, -0.25) is 4.79 Å². The van der Waals surface area contributed by atoms with Crippen molar-refractivity contribution in [2.75, 3.05) is 5.32 Å². The molecule has 1 aromatic carbocycles. The molecule has 0 saturated heterocycles. The summed E-state index contributed by atoms with van der Waals surface area (Å²) in [5, 5.41) is 20.0. The lowest BCUT2D eigenvalue weighted by Gasteiger charge is -2.09. The Bertz CT molecular complexity index is 478. The van der Waals surface area contributed by atoms with Gasteiger partial charge in [-0.25, -0.2) is 9.59 Å². The largest absolute Gasteiger partial charge is 0.478 e. The molecule has 0 fully saturated rings. The van der Waals surface area contributed by atoms with Crippen molar-refractivity contribution in [1.82, 2.24) is 0 Å². The number of carboxylic acids is 2. The van der Waals surface area contributed by atoms with Gasteiger partial charge in [0.1, 0.15) is 0 Å². The monoisotopic (exact) mass is 252 g/mol. The zero-order valence-electron chi connectivity index (χ0n) is 9.51. The van der Waals surface area contributed by atoms with Crippen molar-refractivity contribution < 1.29 is 24.6 Å². The second-order valence-corrected chi connectivity index (χ2v) is 3.69. The van der Waals surface area contributed by atoms with Gasteiger partial charge in [-0.05, 0) is 25.1 Å². The molecule has 7 nitrogen and oxygen atoms in total. The maximum Gasteiger partial charge on any atom is 0.335 e. The Hall–Kier alpha value is -2.41. The number of nitrogens with one attached hydrogen (secondary N) is 1. The Kier molecular flexibility index (Phi) is 4.01.